The minimum atomic E-state index is -0.190. The summed E-state index contributed by atoms with van der Waals surface area (Å²) in [5, 5.41) is 7.42. The first kappa shape index (κ1) is 14.4. The number of anilines is 1. The lowest BCUT2D eigenvalue weighted by atomic mass is 10.0. The van der Waals surface area contributed by atoms with Crippen LogP contribution in [0.4, 0.5) is 10.1 Å². The summed E-state index contributed by atoms with van der Waals surface area (Å²) in [6.45, 7) is 2.37. The Morgan fingerprint density at radius 2 is 1.90 bits per heavy atom. The second-order valence-electron chi connectivity index (χ2n) is 5.26. The largest absolute Gasteiger partial charge is 0.379 e. The van der Waals surface area contributed by atoms with Crippen LogP contribution in [0.25, 0.3) is 0 Å². The lowest BCUT2D eigenvalue weighted by molar-refractivity contribution is 0.613. The third kappa shape index (κ3) is 3.20. The zero-order chi connectivity index (χ0) is 14.7. The van der Waals surface area contributed by atoms with Crippen LogP contribution in [-0.4, -0.2) is 13.1 Å². The zero-order valence-electron chi connectivity index (χ0n) is 11.8. The van der Waals surface area contributed by atoms with Gasteiger partial charge < -0.3 is 10.6 Å². The van der Waals surface area contributed by atoms with Crippen LogP contribution in [0.5, 0.6) is 0 Å². The number of rotatable bonds is 3. The maximum absolute atomic E-state index is 13.7. The Morgan fingerprint density at radius 1 is 1.10 bits per heavy atom. The summed E-state index contributed by atoms with van der Waals surface area (Å²) in [4.78, 5) is 0. The third-order valence-corrected chi connectivity index (χ3v) is 4.21. The molecule has 2 aromatic carbocycles. The fourth-order valence-electron chi connectivity index (χ4n) is 2.76. The van der Waals surface area contributed by atoms with E-state index in [1.165, 1.54) is 17.2 Å². The molecule has 0 unspecified atom stereocenters. The van der Waals surface area contributed by atoms with E-state index in [1.54, 1.807) is 12.1 Å². The zero-order valence-corrected chi connectivity index (χ0v) is 12.5. The Balaban J connectivity index is 1.86. The minimum absolute atomic E-state index is 0.190. The quantitative estimate of drug-likeness (QED) is 0.902. The highest BCUT2D eigenvalue weighted by molar-refractivity contribution is 6.33. The van der Waals surface area contributed by atoms with Gasteiger partial charge in [-0.1, -0.05) is 35.9 Å². The average molecular weight is 305 g/mol. The Morgan fingerprint density at radius 3 is 2.76 bits per heavy atom. The van der Waals surface area contributed by atoms with E-state index in [9.17, 15) is 4.39 Å². The number of fused-ring (bicyclic) bond motifs is 1. The van der Waals surface area contributed by atoms with Gasteiger partial charge in [-0.05, 0) is 49.2 Å². The van der Waals surface area contributed by atoms with Gasteiger partial charge in [-0.25, -0.2) is 4.39 Å². The van der Waals surface area contributed by atoms with Crippen LogP contribution in [0.1, 0.15) is 16.7 Å². The van der Waals surface area contributed by atoms with Crippen molar-refractivity contribution in [3.05, 3.63) is 63.9 Å². The van der Waals surface area contributed by atoms with Crippen LogP contribution in [0.2, 0.25) is 5.02 Å². The van der Waals surface area contributed by atoms with Gasteiger partial charge >= 0.3 is 0 Å². The first-order valence-corrected chi connectivity index (χ1v) is 7.62. The van der Waals surface area contributed by atoms with Crippen molar-refractivity contribution >= 4 is 17.3 Å². The monoisotopic (exact) mass is 304 g/mol. The molecule has 2 nitrogen and oxygen atoms in total. The summed E-state index contributed by atoms with van der Waals surface area (Å²) in [7, 11) is 0. The van der Waals surface area contributed by atoms with Crippen molar-refractivity contribution in [2.45, 2.75) is 19.4 Å². The molecule has 2 aromatic rings. The minimum Gasteiger partial charge on any atom is -0.379 e. The molecule has 0 spiro atoms. The predicted molar refractivity (Wildman–Crippen MR) is 85.5 cm³/mol. The maximum atomic E-state index is 13.7. The summed E-state index contributed by atoms with van der Waals surface area (Å²) in [5.74, 6) is -0.190. The number of hydrogen-bond acceptors (Lipinski definition) is 2. The van der Waals surface area contributed by atoms with Crippen molar-refractivity contribution in [2.75, 3.05) is 18.4 Å². The van der Waals surface area contributed by atoms with Gasteiger partial charge in [0.1, 0.15) is 5.82 Å². The lowest BCUT2D eigenvalue weighted by Gasteiger charge is -2.16. The number of benzene rings is 2. The van der Waals surface area contributed by atoms with Crippen LogP contribution >= 0.6 is 11.6 Å². The molecule has 1 aliphatic heterocycles. The van der Waals surface area contributed by atoms with Gasteiger partial charge in [0.25, 0.3) is 0 Å². The highest BCUT2D eigenvalue weighted by atomic mass is 35.5. The molecule has 2 N–H and O–H groups in total. The molecule has 0 saturated carbocycles. The normalized spacial score (nSPS) is 14.4. The summed E-state index contributed by atoms with van der Waals surface area (Å²) >= 11 is 6.34. The number of halogens is 2. The second-order valence-corrected chi connectivity index (χ2v) is 5.66. The molecule has 21 heavy (non-hydrogen) atoms. The SMILES string of the molecule is Fc1ccccc1CNc1c(Cl)ccc2c1CCNCC2. The van der Waals surface area contributed by atoms with Crippen LogP contribution in [0.15, 0.2) is 36.4 Å². The molecular weight excluding hydrogens is 287 g/mol. The molecular formula is C17H18ClFN2. The summed E-state index contributed by atoms with van der Waals surface area (Å²) in [6, 6.07) is 10.8. The summed E-state index contributed by atoms with van der Waals surface area (Å²) < 4.78 is 13.7. The Hall–Kier alpha value is -1.58. The third-order valence-electron chi connectivity index (χ3n) is 3.90. The highest BCUT2D eigenvalue weighted by Crippen LogP contribution is 2.31. The van der Waals surface area contributed by atoms with Crippen molar-refractivity contribution < 1.29 is 4.39 Å². The van der Waals surface area contributed by atoms with Crippen LogP contribution in [0.3, 0.4) is 0 Å². The summed E-state index contributed by atoms with van der Waals surface area (Å²) in [6.07, 6.45) is 1.94. The van der Waals surface area contributed by atoms with Gasteiger partial charge in [0.15, 0.2) is 0 Å². The topological polar surface area (TPSA) is 24.1 Å². The molecule has 0 saturated heterocycles. The summed E-state index contributed by atoms with van der Waals surface area (Å²) in [5.41, 5.74) is 4.17. The van der Waals surface area contributed by atoms with Gasteiger partial charge in [-0.15, -0.1) is 0 Å². The molecule has 3 rings (SSSR count). The van der Waals surface area contributed by atoms with Crippen molar-refractivity contribution in [1.82, 2.24) is 5.32 Å². The number of hydrogen-bond donors (Lipinski definition) is 2. The van der Waals surface area contributed by atoms with E-state index in [2.05, 4.69) is 16.7 Å². The van der Waals surface area contributed by atoms with E-state index in [0.29, 0.717) is 17.1 Å². The first-order valence-electron chi connectivity index (χ1n) is 7.24. The first-order chi connectivity index (χ1) is 10.3. The molecule has 0 aromatic heterocycles. The van der Waals surface area contributed by atoms with Crippen molar-refractivity contribution in [1.29, 1.82) is 0 Å². The molecule has 110 valence electrons. The smallest absolute Gasteiger partial charge is 0.128 e. The van der Waals surface area contributed by atoms with Gasteiger partial charge in [0.05, 0.1) is 10.7 Å². The second kappa shape index (κ2) is 6.46. The Labute approximate surface area is 129 Å². The molecule has 1 aliphatic rings. The predicted octanol–water partition coefficient (Wildman–Crippen LogP) is 3.78. The fourth-order valence-corrected chi connectivity index (χ4v) is 3.00. The standard InChI is InChI=1S/C17H18ClFN2/c18-15-6-5-12-7-9-20-10-8-14(12)17(15)21-11-13-3-1-2-4-16(13)19/h1-6,20-21H,7-11H2. The maximum Gasteiger partial charge on any atom is 0.128 e. The molecule has 0 radical (unpaired) electrons. The van der Waals surface area contributed by atoms with Crippen molar-refractivity contribution in [2.24, 2.45) is 0 Å². The molecule has 0 atom stereocenters. The van der Waals surface area contributed by atoms with Gasteiger partial charge in [0, 0.05) is 12.1 Å². The fraction of sp³-hybridized carbons (Fsp3) is 0.294. The molecule has 1 heterocycles. The van der Waals surface area contributed by atoms with Crippen LogP contribution in [-0.2, 0) is 19.4 Å². The van der Waals surface area contributed by atoms with Crippen molar-refractivity contribution in [3.63, 3.8) is 0 Å². The molecule has 0 aliphatic carbocycles. The van der Waals surface area contributed by atoms with Gasteiger partial charge in [-0.3, -0.25) is 0 Å². The van der Waals surface area contributed by atoms with E-state index >= 15 is 0 Å². The van der Waals surface area contributed by atoms with E-state index in [0.717, 1.165) is 31.6 Å². The van der Waals surface area contributed by atoms with Crippen LogP contribution in [0, 0.1) is 5.82 Å². The molecule has 0 fully saturated rings. The molecule has 4 heteroatoms. The average Bonchev–Trinajstić information content (AvgIpc) is 2.73. The molecule has 0 amide bonds. The van der Waals surface area contributed by atoms with E-state index < -0.39 is 0 Å². The number of nitrogens with one attached hydrogen (secondary N) is 2. The van der Waals surface area contributed by atoms with Gasteiger partial charge in [0.2, 0.25) is 0 Å². The molecule has 0 bridgehead atoms. The van der Waals surface area contributed by atoms with E-state index in [-0.39, 0.29) is 5.82 Å². The van der Waals surface area contributed by atoms with Crippen molar-refractivity contribution in [3.8, 4) is 0 Å². The van der Waals surface area contributed by atoms with E-state index in [1.807, 2.05) is 12.1 Å². The van der Waals surface area contributed by atoms with Gasteiger partial charge in [-0.2, -0.15) is 0 Å². The highest BCUT2D eigenvalue weighted by Gasteiger charge is 2.14. The Bertz CT molecular complexity index is 643. The van der Waals surface area contributed by atoms with Crippen LogP contribution < -0.4 is 10.6 Å². The lowest BCUT2D eigenvalue weighted by Crippen LogP contribution is -2.16. The van der Waals surface area contributed by atoms with E-state index in [4.69, 9.17) is 11.6 Å². The Kier molecular flexibility index (Phi) is 4.42.